The number of ether oxygens (including phenoxy) is 1. The Bertz CT molecular complexity index is 885. The highest BCUT2D eigenvalue weighted by molar-refractivity contribution is 7.19. The smallest absolute Gasteiger partial charge is 0.123 e. The number of thiophene rings is 1. The van der Waals surface area contributed by atoms with Crippen LogP contribution in [-0.4, -0.2) is 18.0 Å². The monoisotopic (exact) mass is 405 g/mol. The predicted octanol–water partition coefficient (Wildman–Crippen LogP) is 6.77. The van der Waals surface area contributed by atoms with Crippen molar-refractivity contribution in [2.45, 2.75) is 32.4 Å². The van der Waals surface area contributed by atoms with Gasteiger partial charge in [0.2, 0.25) is 0 Å². The van der Waals surface area contributed by atoms with Crippen LogP contribution in [0.4, 0.5) is 0 Å². The molecule has 26 heavy (non-hydrogen) atoms. The zero-order valence-electron chi connectivity index (χ0n) is 14.5. The van der Waals surface area contributed by atoms with Crippen molar-refractivity contribution in [3.8, 4) is 5.75 Å². The van der Waals surface area contributed by atoms with Crippen molar-refractivity contribution in [2.75, 3.05) is 13.1 Å². The molecular weight excluding hydrogens is 385 g/mol. The van der Waals surface area contributed by atoms with Crippen LogP contribution < -0.4 is 4.74 Å². The number of nitrogens with zero attached hydrogens (tertiary/aromatic N) is 1. The lowest BCUT2D eigenvalue weighted by Crippen LogP contribution is -2.29. The Balaban J connectivity index is 1.61. The maximum absolute atomic E-state index is 6.28. The van der Waals surface area contributed by atoms with E-state index in [2.05, 4.69) is 17.0 Å². The van der Waals surface area contributed by atoms with E-state index in [0.29, 0.717) is 6.61 Å². The summed E-state index contributed by atoms with van der Waals surface area (Å²) in [7, 11) is 0. The molecule has 2 heterocycles. The Hall–Kier alpha value is -1.26. The van der Waals surface area contributed by atoms with Crippen molar-refractivity contribution in [1.82, 2.24) is 4.90 Å². The van der Waals surface area contributed by atoms with Gasteiger partial charge >= 0.3 is 0 Å². The topological polar surface area (TPSA) is 12.5 Å². The standard InChI is InChI=1S/C21H21Cl2NOS/c22-15-4-7-17(8-5-15)25-14-21-19(13-24-10-2-1-3-11-24)18-12-16(23)6-9-20(18)26-21/h4-9,12H,1-3,10-11,13-14H2. The summed E-state index contributed by atoms with van der Waals surface area (Å²) in [5.74, 6) is 0.841. The Morgan fingerprint density at radius 1 is 0.923 bits per heavy atom. The van der Waals surface area contributed by atoms with E-state index in [0.717, 1.165) is 22.3 Å². The third-order valence-corrected chi connectivity index (χ3v) is 6.52. The van der Waals surface area contributed by atoms with Crippen LogP contribution in [0.5, 0.6) is 5.75 Å². The molecule has 1 aliphatic heterocycles. The summed E-state index contributed by atoms with van der Waals surface area (Å²) in [5, 5.41) is 2.78. The molecule has 1 aliphatic rings. The predicted molar refractivity (Wildman–Crippen MR) is 112 cm³/mol. The first kappa shape index (κ1) is 18.1. The minimum absolute atomic E-state index is 0.571. The van der Waals surface area contributed by atoms with Gasteiger partial charge in [-0.3, -0.25) is 4.90 Å². The van der Waals surface area contributed by atoms with Gasteiger partial charge in [0.05, 0.1) is 0 Å². The lowest BCUT2D eigenvalue weighted by atomic mass is 10.1. The fourth-order valence-corrected chi connectivity index (χ4v) is 4.89. The number of hydrogen-bond acceptors (Lipinski definition) is 3. The summed E-state index contributed by atoms with van der Waals surface area (Å²) in [6.07, 6.45) is 3.93. The fourth-order valence-electron chi connectivity index (χ4n) is 3.48. The number of benzene rings is 2. The van der Waals surface area contributed by atoms with Gasteiger partial charge in [-0.25, -0.2) is 0 Å². The summed E-state index contributed by atoms with van der Waals surface area (Å²) in [5.41, 5.74) is 1.36. The second-order valence-electron chi connectivity index (χ2n) is 6.72. The molecule has 0 spiro atoms. The first-order chi connectivity index (χ1) is 12.7. The van der Waals surface area contributed by atoms with Crippen LogP contribution in [0.3, 0.4) is 0 Å². The third-order valence-electron chi connectivity index (χ3n) is 4.85. The molecule has 5 heteroatoms. The minimum Gasteiger partial charge on any atom is -0.488 e. The zero-order chi connectivity index (χ0) is 17.9. The van der Waals surface area contributed by atoms with E-state index in [1.54, 1.807) is 0 Å². The van der Waals surface area contributed by atoms with Crippen molar-refractivity contribution in [3.05, 3.63) is 63.0 Å². The average molecular weight is 406 g/mol. The van der Waals surface area contributed by atoms with Gasteiger partial charge in [0.1, 0.15) is 12.4 Å². The van der Waals surface area contributed by atoms with Gasteiger partial charge in [0.15, 0.2) is 0 Å². The van der Waals surface area contributed by atoms with E-state index in [1.807, 2.05) is 41.7 Å². The summed E-state index contributed by atoms with van der Waals surface area (Å²) in [6, 6.07) is 13.7. The lowest BCUT2D eigenvalue weighted by molar-refractivity contribution is 0.219. The van der Waals surface area contributed by atoms with Gasteiger partial charge in [-0.15, -0.1) is 11.3 Å². The second kappa shape index (κ2) is 8.18. The molecule has 0 atom stereocenters. The number of halogens is 2. The molecule has 1 aromatic heterocycles. The van der Waals surface area contributed by atoms with E-state index < -0.39 is 0 Å². The first-order valence-electron chi connectivity index (χ1n) is 8.99. The van der Waals surface area contributed by atoms with Crippen molar-refractivity contribution >= 4 is 44.6 Å². The normalized spacial score (nSPS) is 15.5. The van der Waals surface area contributed by atoms with Crippen LogP contribution in [0.2, 0.25) is 10.0 Å². The highest BCUT2D eigenvalue weighted by Crippen LogP contribution is 2.35. The van der Waals surface area contributed by atoms with Crippen LogP contribution in [0.15, 0.2) is 42.5 Å². The van der Waals surface area contributed by atoms with Gasteiger partial charge in [-0.05, 0) is 79.3 Å². The molecule has 4 rings (SSSR count). The van der Waals surface area contributed by atoms with Gasteiger partial charge < -0.3 is 4.74 Å². The van der Waals surface area contributed by atoms with Crippen LogP contribution in [0.1, 0.15) is 29.7 Å². The average Bonchev–Trinajstić information content (AvgIpc) is 2.99. The van der Waals surface area contributed by atoms with Crippen molar-refractivity contribution in [2.24, 2.45) is 0 Å². The third kappa shape index (κ3) is 4.17. The van der Waals surface area contributed by atoms with Crippen LogP contribution in [0, 0.1) is 0 Å². The fraction of sp³-hybridized carbons (Fsp3) is 0.333. The van der Waals surface area contributed by atoms with Crippen molar-refractivity contribution in [1.29, 1.82) is 0 Å². The van der Waals surface area contributed by atoms with Gasteiger partial charge in [0.25, 0.3) is 0 Å². The highest BCUT2D eigenvalue weighted by Gasteiger charge is 2.18. The Labute approximate surface area is 168 Å². The molecule has 1 fully saturated rings. The minimum atomic E-state index is 0.571. The summed E-state index contributed by atoms with van der Waals surface area (Å²) < 4.78 is 7.31. The molecule has 3 aromatic rings. The summed E-state index contributed by atoms with van der Waals surface area (Å²) in [6.45, 7) is 3.90. The SMILES string of the molecule is Clc1ccc(OCc2sc3ccc(Cl)cc3c2CN2CCCCC2)cc1. The lowest BCUT2D eigenvalue weighted by Gasteiger charge is -2.26. The Morgan fingerprint density at radius 2 is 1.65 bits per heavy atom. The van der Waals surface area contributed by atoms with Crippen molar-refractivity contribution < 1.29 is 4.74 Å². The largest absolute Gasteiger partial charge is 0.488 e. The van der Waals surface area contributed by atoms with E-state index in [-0.39, 0.29) is 0 Å². The molecule has 0 bridgehead atoms. The maximum Gasteiger partial charge on any atom is 0.123 e. The molecule has 136 valence electrons. The maximum atomic E-state index is 6.28. The van der Waals surface area contributed by atoms with Gasteiger partial charge in [0, 0.05) is 26.2 Å². The molecule has 2 nitrogen and oxygen atoms in total. The van der Waals surface area contributed by atoms with Crippen LogP contribution in [-0.2, 0) is 13.2 Å². The molecular formula is C21H21Cl2NOS. The van der Waals surface area contributed by atoms with Gasteiger partial charge in [-0.1, -0.05) is 29.6 Å². The number of rotatable bonds is 5. The molecule has 0 radical (unpaired) electrons. The van der Waals surface area contributed by atoms with Crippen LogP contribution >= 0.6 is 34.5 Å². The Morgan fingerprint density at radius 3 is 2.42 bits per heavy atom. The number of piperidine rings is 1. The molecule has 0 aliphatic carbocycles. The molecule has 2 aromatic carbocycles. The van der Waals surface area contributed by atoms with E-state index in [1.165, 1.54) is 52.9 Å². The molecule has 0 saturated carbocycles. The second-order valence-corrected chi connectivity index (χ2v) is 8.73. The summed E-state index contributed by atoms with van der Waals surface area (Å²) >= 11 is 14.0. The van der Waals surface area contributed by atoms with E-state index >= 15 is 0 Å². The van der Waals surface area contributed by atoms with Gasteiger partial charge in [-0.2, -0.15) is 0 Å². The Kier molecular flexibility index (Phi) is 5.70. The first-order valence-corrected chi connectivity index (χ1v) is 10.6. The number of likely N-dealkylation sites (tertiary alicyclic amines) is 1. The van der Waals surface area contributed by atoms with Crippen LogP contribution in [0.25, 0.3) is 10.1 Å². The number of hydrogen-bond donors (Lipinski definition) is 0. The molecule has 0 N–H and O–H groups in total. The summed E-state index contributed by atoms with van der Waals surface area (Å²) in [4.78, 5) is 3.83. The van der Waals surface area contributed by atoms with E-state index in [4.69, 9.17) is 27.9 Å². The zero-order valence-corrected chi connectivity index (χ0v) is 16.8. The highest BCUT2D eigenvalue weighted by atomic mass is 35.5. The quantitative estimate of drug-likeness (QED) is 0.463. The van der Waals surface area contributed by atoms with E-state index in [9.17, 15) is 0 Å². The van der Waals surface area contributed by atoms with Crippen molar-refractivity contribution in [3.63, 3.8) is 0 Å². The molecule has 1 saturated heterocycles. The number of fused-ring (bicyclic) bond motifs is 1. The molecule has 0 unspecified atom stereocenters. The molecule has 0 amide bonds.